The molecule has 6 heteroatoms. The Kier molecular flexibility index (Phi) is 3.45. The summed E-state index contributed by atoms with van der Waals surface area (Å²) >= 11 is 0. The van der Waals surface area contributed by atoms with Crippen molar-refractivity contribution in [2.75, 3.05) is 6.61 Å². The highest BCUT2D eigenvalue weighted by Gasteiger charge is 2.23. The Bertz CT molecular complexity index is 489. The first kappa shape index (κ1) is 12.3. The van der Waals surface area contributed by atoms with Crippen molar-refractivity contribution in [3.05, 3.63) is 29.6 Å². The van der Waals surface area contributed by atoms with Gasteiger partial charge < -0.3 is 15.2 Å². The van der Waals surface area contributed by atoms with Gasteiger partial charge >= 0.3 is 5.97 Å². The fourth-order valence-electron chi connectivity index (χ4n) is 1.82. The zero-order valence-corrected chi connectivity index (χ0v) is 9.48. The van der Waals surface area contributed by atoms with Crippen molar-refractivity contribution in [1.29, 1.82) is 0 Å². The maximum absolute atomic E-state index is 13.3. The second kappa shape index (κ2) is 5.03. The minimum atomic E-state index is -1.38. The zero-order chi connectivity index (χ0) is 13.1. The molecule has 0 aliphatic carbocycles. The van der Waals surface area contributed by atoms with Crippen molar-refractivity contribution < 1.29 is 23.8 Å². The Morgan fingerprint density at radius 1 is 1.56 bits per heavy atom. The lowest BCUT2D eigenvalue weighted by Gasteiger charge is -2.13. The Labute approximate surface area is 103 Å². The van der Waals surface area contributed by atoms with Gasteiger partial charge in [0.2, 0.25) is 5.91 Å². The average Bonchev–Trinajstić information content (AvgIpc) is 2.72. The van der Waals surface area contributed by atoms with Crippen molar-refractivity contribution >= 4 is 11.9 Å². The molecule has 0 radical (unpaired) electrons. The number of carbonyl (C=O) groups excluding carboxylic acids is 1. The summed E-state index contributed by atoms with van der Waals surface area (Å²) < 4.78 is 18.6. The largest absolute Gasteiger partial charge is 0.490 e. The Morgan fingerprint density at radius 2 is 2.33 bits per heavy atom. The maximum atomic E-state index is 13.3. The van der Waals surface area contributed by atoms with Crippen LogP contribution in [-0.4, -0.2) is 29.6 Å². The predicted molar refractivity (Wildman–Crippen MR) is 60.0 cm³/mol. The minimum absolute atomic E-state index is 0.0244. The minimum Gasteiger partial charge on any atom is -0.490 e. The van der Waals surface area contributed by atoms with Crippen LogP contribution < -0.4 is 10.1 Å². The molecular weight excluding hydrogens is 241 g/mol. The fourth-order valence-corrected chi connectivity index (χ4v) is 1.82. The molecule has 18 heavy (non-hydrogen) atoms. The third-order valence-corrected chi connectivity index (χ3v) is 2.71. The quantitative estimate of drug-likeness (QED) is 0.844. The number of hydrogen-bond acceptors (Lipinski definition) is 3. The molecule has 1 fully saturated rings. The maximum Gasteiger partial charge on any atom is 0.342 e. The van der Waals surface area contributed by atoms with Crippen molar-refractivity contribution in [3.8, 4) is 5.75 Å². The van der Waals surface area contributed by atoms with Gasteiger partial charge in [0.25, 0.3) is 0 Å². The van der Waals surface area contributed by atoms with Crippen LogP contribution in [-0.2, 0) is 4.79 Å². The van der Waals surface area contributed by atoms with Crippen LogP contribution in [0.5, 0.6) is 5.75 Å². The lowest BCUT2D eigenvalue weighted by atomic mass is 10.2. The van der Waals surface area contributed by atoms with Gasteiger partial charge in [-0.1, -0.05) is 6.07 Å². The lowest BCUT2D eigenvalue weighted by Crippen LogP contribution is -2.31. The van der Waals surface area contributed by atoms with Gasteiger partial charge in [0.15, 0.2) is 0 Å². The van der Waals surface area contributed by atoms with Gasteiger partial charge in [0.05, 0.1) is 6.04 Å². The van der Waals surface area contributed by atoms with Crippen LogP contribution >= 0.6 is 0 Å². The SMILES string of the molecule is O=C1CCC(COc2cccc(F)c2C(=O)O)N1. The average molecular weight is 253 g/mol. The monoisotopic (exact) mass is 253 g/mol. The molecule has 0 aromatic heterocycles. The van der Waals surface area contributed by atoms with E-state index >= 15 is 0 Å². The molecule has 1 atom stereocenters. The van der Waals surface area contributed by atoms with Gasteiger partial charge in [-0.15, -0.1) is 0 Å². The van der Waals surface area contributed by atoms with Crippen LogP contribution in [0.25, 0.3) is 0 Å². The molecule has 1 aliphatic rings. The number of carbonyl (C=O) groups is 2. The number of hydrogen-bond donors (Lipinski definition) is 2. The number of ether oxygens (including phenoxy) is 1. The number of amides is 1. The van der Waals surface area contributed by atoms with Crippen LogP contribution in [0, 0.1) is 5.82 Å². The number of nitrogens with one attached hydrogen (secondary N) is 1. The van der Waals surface area contributed by atoms with Crippen LogP contribution in [0.2, 0.25) is 0 Å². The van der Waals surface area contributed by atoms with Gasteiger partial charge in [0, 0.05) is 6.42 Å². The van der Waals surface area contributed by atoms with Crippen LogP contribution in [0.3, 0.4) is 0 Å². The Balaban J connectivity index is 2.07. The highest BCUT2D eigenvalue weighted by molar-refractivity contribution is 5.91. The van der Waals surface area contributed by atoms with Gasteiger partial charge in [-0.2, -0.15) is 0 Å². The molecule has 96 valence electrons. The smallest absolute Gasteiger partial charge is 0.342 e. The van der Waals surface area contributed by atoms with E-state index in [0.29, 0.717) is 12.8 Å². The number of halogens is 1. The standard InChI is InChI=1S/C12H12FNO4/c13-8-2-1-3-9(11(8)12(16)17)18-6-7-4-5-10(15)14-7/h1-3,7H,4-6H2,(H,14,15)(H,16,17). The van der Waals surface area contributed by atoms with Gasteiger partial charge in [-0.25, -0.2) is 9.18 Å². The summed E-state index contributed by atoms with van der Waals surface area (Å²) in [5.74, 6) is -2.29. The van der Waals surface area contributed by atoms with E-state index < -0.39 is 17.3 Å². The first-order chi connectivity index (χ1) is 8.58. The summed E-state index contributed by atoms with van der Waals surface area (Å²) in [5, 5.41) is 11.6. The van der Waals surface area contributed by atoms with Crippen LogP contribution in [0.4, 0.5) is 4.39 Å². The highest BCUT2D eigenvalue weighted by atomic mass is 19.1. The van der Waals surface area contributed by atoms with Gasteiger partial charge in [0.1, 0.15) is 23.7 Å². The molecule has 2 rings (SSSR count). The first-order valence-electron chi connectivity index (χ1n) is 5.52. The van der Waals surface area contributed by atoms with E-state index in [1.54, 1.807) is 0 Å². The summed E-state index contributed by atoms with van der Waals surface area (Å²) in [6, 6.07) is 3.68. The molecule has 1 heterocycles. The van der Waals surface area contributed by atoms with Crippen LogP contribution in [0.15, 0.2) is 18.2 Å². The highest BCUT2D eigenvalue weighted by Crippen LogP contribution is 2.22. The normalized spacial score (nSPS) is 18.5. The molecule has 1 unspecified atom stereocenters. The van der Waals surface area contributed by atoms with E-state index in [0.717, 1.165) is 6.07 Å². The molecule has 0 saturated carbocycles. The number of benzene rings is 1. The second-order valence-corrected chi connectivity index (χ2v) is 4.03. The zero-order valence-electron chi connectivity index (χ0n) is 9.48. The molecule has 5 nitrogen and oxygen atoms in total. The summed E-state index contributed by atoms with van der Waals surface area (Å²) in [4.78, 5) is 21.9. The summed E-state index contributed by atoms with van der Waals surface area (Å²) in [6.45, 7) is 0.134. The van der Waals surface area contributed by atoms with Crippen molar-refractivity contribution in [3.63, 3.8) is 0 Å². The van der Waals surface area contributed by atoms with E-state index in [4.69, 9.17) is 9.84 Å². The number of rotatable bonds is 4. The molecule has 1 aromatic carbocycles. The molecule has 0 spiro atoms. The van der Waals surface area contributed by atoms with Crippen molar-refractivity contribution in [2.45, 2.75) is 18.9 Å². The van der Waals surface area contributed by atoms with E-state index in [9.17, 15) is 14.0 Å². The molecule has 1 amide bonds. The van der Waals surface area contributed by atoms with Crippen molar-refractivity contribution in [1.82, 2.24) is 5.32 Å². The third-order valence-electron chi connectivity index (χ3n) is 2.71. The van der Waals surface area contributed by atoms with Gasteiger partial charge in [-0.3, -0.25) is 4.79 Å². The predicted octanol–water partition coefficient (Wildman–Crippen LogP) is 1.18. The van der Waals surface area contributed by atoms with E-state index in [1.165, 1.54) is 12.1 Å². The fraction of sp³-hybridized carbons (Fsp3) is 0.333. The Hall–Kier alpha value is -2.11. The molecule has 1 aliphatic heterocycles. The number of aromatic carboxylic acids is 1. The molecule has 1 aromatic rings. The third kappa shape index (κ3) is 2.58. The molecule has 1 saturated heterocycles. The first-order valence-corrected chi connectivity index (χ1v) is 5.52. The summed E-state index contributed by atoms with van der Waals surface area (Å²) in [5.41, 5.74) is -0.484. The summed E-state index contributed by atoms with van der Waals surface area (Å²) in [6.07, 6.45) is 1.07. The number of carboxylic acids is 1. The molecule has 2 N–H and O–H groups in total. The topological polar surface area (TPSA) is 75.6 Å². The van der Waals surface area contributed by atoms with Crippen LogP contribution in [0.1, 0.15) is 23.2 Å². The van der Waals surface area contributed by atoms with E-state index in [1.807, 2.05) is 0 Å². The molecular formula is C12H12FNO4. The van der Waals surface area contributed by atoms with E-state index in [-0.39, 0.29) is 24.3 Å². The van der Waals surface area contributed by atoms with E-state index in [2.05, 4.69) is 5.32 Å². The summed E-state index contributed by atoms with van der Waals surface area (Å²) in [7, 11) is 0. The Morgan fingerprint density at radius 3 is 2.94 bits per heavy atom. The van der Waals surface area contributed by atoms with Gasteiger partial charge in [-0.05, 0) is 18.6 Å². The number of carboxylic acid groups (broad SMARTS) is 1. The van der Waals surface area contributed by atoms with Crippen molar-refractivity contribution in [2.24, 2.45) is 0 Å². The lowest BCUT2D eigenvalue weighted by molar-refractivity contribution is -0.119. The molecule has 0 bridgehead atoms. The second-order valence-electron chi connectivity index (χ2n) is 4.03.